The molecule has 0 amide bonds. The summed E-state index contributed by atoms with van der Waals surface area (Å²) in [6.07, 6.45) is 2.50. The van der Waals surface area contributed by atoms with Gasteiger partial charge in [0.2, 0.25) is 0 Å². The molecule has 1 fully saturated rings. The van der Waals surface area contributed by atoms with Gasteiger partial charge in [0.05, 0.1) is 6.61 Å². The number of benzene rings is 2. The Labute approximate surface area is 129 Å². The zero-order valence-corrected chi connectivity index (χ0v) is 12.4. The fraction of sp³-hybridized carbons (Fsp3) is 0.294. The highest BCUT2D eigenvalue weighted by Crippen LogP contribution is 2.29. The molecule has 2 N–H and O–H groups in total. The van der Waals surface area contributed by atoms with Gasteiger partial charge in [0.15, 0.2) is 0 Å². The van der Waals surface area contributed by atoms with Crippen molar-refractivity contribution in [2.75, 3.05) is 0 Å². The van der Waals surface area contributed by atoms with Gasteiger partial charge in [0.1, 0.15) is 11.5 Å². The predicted octanol–water partition coefficient (Wildman–Crippen LogP) is 3.88. The number of nitrogens with one attached hydrogen (secondary N) is 1. The summed E-state index contributed by atoms with van der Waals surface area (Å²) in [4.78, 5) is 0. The van der Waals surface area contributed by atoms with Crippen molar-refractivity contribution in [1.82, 2.24) is 5.32 Å². The van der Waals surface area contributed by atoms with Crippen molar-refractivity contribution in [3.63, 3.8) is 0 Å². The SMILES string of the molecule is OCc1ccc(Oc2ccc(Cl)cc2CNC2CC2)cc1. The van der Waals surface area contributed by atoms with Crippen LogP contribution in [0.15, 0.2) is 42.5 Å². The van der Waals surface area contributed by atoms with Crippen LogP contribution in [0, 0.1) is 0 Å². The third-order valence-electron chi connectivity index (χ3n) is 3.51. The van der Waals surface area contributed by atoms with E-state index in [1.807, 2.05) is 42.5 Å². The average Bonchev–Trinajstić information content (AvgIpc) is 3.32. The van der Waals surface area contributed by atoms with Gasteiger partial charge in [-0.1, -0.05) is 23.7 Å². The third kappa shape index (κ3) is 3.97. The minimum atomic E-state index is 0.0395. The van der Waals surface area contributed by atoms with Crippen molar-refractivity contribution in [3.8, 4) is 11.5 Å². The topological polar surface area (TPSA) is 41.5 Å². The largest absolute Gasteiger partial charge is 0.457 e. The summed E-state index contributed by atoms with van der Waals surface area (Å²) < 4.78 is 5.94. The van der Waals surface area contributed by atoms with Gasteiger partial charge in [-0.25, -0.2) is 0 Å². The Morgan fingerprint density at radius 2 is 1.90 bits per heavy atom. The molecule has 0 unspecified atom stereocenters. The van der Waals surface area contributed by atoms with Crippen LogP contribution in [0.3, 0.4) is 0 Å². The van der Waals surface area contributed by atoms with Crippen molar-refractivity contribution >= 4 is 11.6 Å². The van der Waals surface area contributed by atoms with E-state index in [-0.39, 0.29) is 6.61 Å². The van der Waals surface area contributed by atoms with E-state index in [1.165, 1.54) is 12.8 Å². The van der Waals surface area contributed by atoms with E-state index in [2.05, 4.69) is 5.32 Å². The molecule has 0 bridgehead atoms. The summed E-state index contributed by atoms with van der Waals surface area (Å²) in [6, 6.07) is 13.7. The van der Waals surface area contributed by atoms with Gasteiger partial charge in [-0.05, 0) is 48.7 Å². The molecule has 0 saturated heterocycles. The van der Waals surface area contributed by atoms with Crippen molar-refractivity contribution in [1.29, 1.82) is 0 Å². The Kier molecular flexibility index (Phi) is 4.44. The van der Waals surface area contributed by atoms with Crippen LogP contribution in [0.1, 0.15) is 24.0 Å². The van der Waals surface area contributed by atoms with E-state index in [9.17, 15) is 0 Å². The van der Waals surface area contributed by atoms with E-state index >= 15 is 0 Å². The third-order valence-corrected chi connectivity index (χ3v) is 3.75. The molecule has 0 radical (unpaired) electrons. The quantitative estimate of drug-likeness (QED) is 0.851. The monoisotopic (exact) mass is 303 g/mol. The first kappa shape index (κ1) is 14.4. The van der Waals surface area contributed by atoms with Gasteiger partial charge in [0, 0.05) is 23.2 Å². The van der Waals surface area contributed by atoms with Gasteiger partial charge in [0.25, 0.3) is 0 Å². The van der Waals surface area contributed by atoms with Crippen LogP contribution in [-0.4, -0.2) is 11.1 Å². The maximum atomic E-state index is 9.06. The lowest BCUT2D eigenvalue weighted by Gasteiger charge is -2.12. The lowest BCUT2D eigenvalue weighted by Crippen LogP contribution is -2.15. The second-order valence-electron chi connectivity index (χ2n) is 5.31. The van der Waals surface area contributed by atoms with E-state index in [0.29, 0.717) is 11.1 Å². The number of aliphatic hydroxyl groups excluding tert-OH is 1. The van der Waals surface area contributed by atoms with Gasteiger partial charge in [-0.3, -0.25) is 0 Å². The number of rotatable bonds is 6. The number of halogens is 1. The van der Waals surface area contributed by atoms with Gasteiger partial charge >= 0.3 is 0 Å². The molecule has 2 aromatic carbocycles. The molecule has 21 heavy (non-hydrogen) atoms. The van der Waals surface area contributed by atoms with Crippen LogP contribution in [-0.2, 0) is 13.2 Å². The fourth-order valence-electron chi connectivity index (χ4n) is 2.12. The van der Waals surface area contributed by atoms with Crippen molar-refractivity contribution in [2.45, 2.75) is 32.0 Å². The number of ether oxygens (including phenoxy) is 1. The summed E-state index contributed by atoms with van der Waals surface area (Å²) in [5, 5.41) is 13.2. The minimum Gasteiger partial charge on any atom is -0.457 e. The van der Waals surface area contributed by atoms with Crippen molar-refractivity contribution in [3.05, 3.63) is 58.6 Å². The molecule has 4 heteroatoms. The van der Waals surface area contributed by atoms with Crippen LogP contribution in [0.5, 0.6) is 11.5 Å². The first-order valence-corrected chi connectivity index (χ1v) is 7.52. The summed E-state index contributed by atoms with van der Waals surface area (Å²) in [7, 11) is 0. The highest BCUT2D eigenvalue weighted by atomic mass is 35.5. The minimum absolute atomic E-state index is 0.0395. The second-order valence-corrected chi connectivity index (χ2v) is 5.75. The smallest absolute Gasteiger partial charge is 0.132 e. The Hall–Kier alpha value is -1.55. The Balaban J connectivity index is 1.75. The Bertz CT molecular complexity index is 609. The van der Waals surface area contributed by atoms with Crippen molar-refractivity contribution < 1.29 is 9.84 Å². The standard InChI is InChI=1S/C17H18ClNO2/c18-14-3-8-17(13(9-14)10-19-15-4-5-15)21-16-6-1-12(11-20)2-7-16/h1-3,6-9,15,19-20H,4-5,10-11H2. The van der Waals surface area contributed by atoms with Crippen LogP contribution in [0.2, 0.25) is 5.02 Å². The molecule has 0 atom stereocenters. The highest BCUT2D eigenvalue weighted by molar-refractivity contribution is 6.30. The van der Waals surface area contributed by atoms with Gasteiger partial charge < -0.3 is 15.2 Å². The van der Waals surface area contributed by atoms with Crippen LogP contribution in [0.25, 0.3) is 0 Å². The fourth-order valence-corrected chi connectivity index (χ4v) is 2.31. The van der Waals surface area contributed by atoms with E-state index in [4.69, 9.17) is 21.4 Å². The normalized spacial score (nSPS) is 14.2. The number of hydrogen-bond donors (Lipinski definition) is 2. The molecule has 3 rings (SSSR count). The lowest BCUT2D eigenvalue weighted by atomic mass is 10.2. The first-order valence-electron chi connectivity index (χ1n) is 7.14. The molecule has 2 aromatic rings. The zero-order valence-electron chi connectivity index (χ0n) is 11.7. The van der Waals surface area contributed by atoms with Gasteiger partial charge in [-0.15, -0.1) is 0 Å². The van der Waals surface area contributed by atoms with E-state index < -0.39 is 0 Å². The lowest BCUT2D eigenvalue weighted by molar-refractivity contribution is 0.281. The van der Waals surface area contributed by atoms with E-state index in [0.717, 1.165) is 29.2 Å². The number of aliphatic hydroxyl groups is 1. The number of hydrogen-bond acceptors (Lipinski definition) is 3. The summed E-state index contributed by atoms with van der Waals surface area (Å²) in [5.41, 5.74) is 1.93. The molecular weight excluding hydrogens is 286 g/mol. The molecule has 0 aromatic heterocycles. The van der Waals surface area contributed by atoms with Crippen LogP contribution >= 0.6 is 11.6 Å². The average molecular weight is 304 g/mol. The molecule has 110 valence electrons. The maximum absolute atomic E-state index is 9.06. The molecule has 0 aliphatic heterocycles. The molecular formula is C17H18ClNO2. The van der Waals surface area contributed by atoms with Gasteiger partial charge in [-0.2, -0.15) is 0 Å². The highest BCUT2D eigenvalue weighted by Gasteiger charge is 2.20. The Morgan fingerprint density at radius 1 is 1.14 bits per heavy atom. The summed E-state index contributed by atoms with van der Waals surface area (Å²) >= 11 is 6.08. The van der Waals surface area contributed by atoms with Crippen molar-refractivity contribution in [2.24, 2.45) is 0 Å². The molecule has 1 saturated carbocycles. The summed E-state index contributed by atoms with van der Waals surface area (Å²) in [5.74, 6) is 1.56. The summed E-state index contributed by atoms with van der Waals surface area (Å²) in [6.45, 7) is 0.799. The predicted molar refractivity (Wildman–Crippen MR) is 83.8 cm³/mol. The molecule has 1 aliphatic rings. The molecule has 0 heterocycles. The maximum Gasteiger partial charge on any atom is 0.132 e. The van der Waals surface area contributed by atoms with E-state index in [1.54, 1.807) is 0 Å². The first-order chi connectivity index (χ1) is 10.2. The Morgan fingerprint density at radius 3 is 2.57 bits per heavy atom. The molecule has 1 aliphatic carbocycles. The molecule has 0 spiro atoms. The van der Waals surface area contributed by atoms with Crippen LogP contribution < -0.4 is 10.1 Å². The van der Waals surface area contributed by atoms with Crippen LogP contribution in [0.4, 0.5) is 0 Å². The molecule has 3 nitrogen and oxygen atoms in total. The zero-order chi connectivity index (χ0) is 14.7. The second kappa shape index (κ2) is 6.48.